The number of nitrogens with zero attached hydrogens (tertiary/aromatic N) is 1. The van der Waals surface area contributed by atoms with E-state index < -0.39 is 18.0 Å². The largest absolute Gasteiger partial charge is 0.394 e. The number of aromatic nitrogens is 1. The molecule has 1 spiro atoms. The van der Waals surface area contributed by atoms with Gasteiger partial charge in [-0.2, -0.15) is 0 Å². The Labute approximate surface area is 104 Å². The molecule has 3 heterocycles. The van der Waals surface area contributed by atoms with E-state index in [1.54, 1.807) is 6.07 Å². The Hall–Kier alpha value is -1.21. The number of fused-ring (bicyclic) bond motifs is 1. The molecule has 6 heteroatoms. The standard InChI is InChI=1S/C12H15NO5/c14-4-8-1-2-9-6-17-12(7-13(8)9)3-10(16)11(5-15)18-12/h1-2,4,10-11,15-16H,3,5-7H2/t10-,11+,12-/m0/s1. The third kappa shape index (κ3) is 1.69. The Morgan fingerprint density at radius 3 is 3.06 bits per heavy atom. The molecule has 0 bridgehead atoms. The molecule has 3 rings (SSSR count). The summed E-state index contributed by atoms with van der Waals surface area (Å²) in [6, 6.07) is 3.57. The molecule has 0 aromatic carbocycles. The van der Waals surface area contributed by atoms with Crippen molar-refractivity contribution in [3.05, 3.63) is 23.5 Å². The van der Waals surface area contributed by atoms with Gasteiger partial charge < -0.3 is 24.3 Å². The fourth-order valence-electron chi connectivity index (χ4n) is 2.65. The maximum absolute atomic E-state index is 10.9. The fraction of sp³-hybridized carbons (Fsp3) is 0.583. The Kier molecular flexibility index (Phi) is 2.74. The summed E-state index contributed by atoms with van der Waals surface area (Å²) in [6.07, 6.45) is -0.278. The third-order valence-corrected chi connectivity index (χ3v) is 3.60. The maximum Gasteiger partial charge on any atom is 0.189 e. The van der Waals surface area contributed by atoms with E-state index in [0.29, 0.717) is 25.3 Å². The number of hydrogen-bond acceptors (Lipinski definition) is 5. The van der Waals surface area contributed by atoms with E-state index in [0.717, 1.165) is 12.0 Å². The van der Waals surface area contributed by atoms with Crippen molar-refractivity contribution in [3.63, 3.8) is 0 Å². The van der Waals surface area contributed by atoms with Crippen molar-refractivity contribution in [2.75, 3.05) is 6.61 Å². The van der Waals surface area contributed by atoms with Gasteiger partial charge in [0.2, 0.25) is 0 Å². The molecule has 3 atom stereocenters. The number of hydrogen-bond donors (Lipinski definition) is 2. The van der Waals surface area contributed by atoms with Crippen molar-refractivity contribution in [3.8, 4) is 0 Å². The molecule has 0 amide bonds. The van der Waals surface area contributed by atoms with Crippen molar-refractivity contribution in [2.45, 2.75) is 37.6 Å². The van der Waals surface area contributed by atoms with Crippen LogP contribution in [0.25, 0.3) is 0 Å². The normalized spacial score (nSPS) is 34.8. The molecule has 1 aromatic rings. The number of carbonyl (C=O) groups excluding carboxylic acids is 1. The predicted molar refractivity (Wildman–Crippen MR) is 59.9 cm³/mol. The topological polar surface area (TPSA) is 80.9 Å². The summed E-state index contributed by atoms with van der Waals surface area (Å²) in [5.74, 6) is -0.934. The van der Waals surface area contributed by atoms with Crippen LogP contribution in [0.4, 0.5) is 0 Å². The van der Waals surface area contributed by atoms with Crippen LogP contribution in [-0.2, 0) is 22.6 Å². The number of rotatable bonds is 2. The second-order valence-electron chi connectivity index (χ2n) is 4.76. The van der Waals surface area contributed by atoms with Crippen LogP contribution in [-0.4, -0.2) is 45.7 Å². The molecular formula is C12H15NO5. The number of ether oxygens (including phenoxy) is 2. The van der Waals surface area contributed by atoms with Gasteiger partial charge in [0, 0.05) is 12.1 Å². The molecule has 1 saturated heterocycles. The van der Waals surface area contributed by atoms with E-state index in [1.807, 2.05) is 10.6 Å². The molecule has 2 aliphatic heterocycles. The summed E-state index contributed by atoms with van der Waals surface area (Å²) in [7, 11) is 0. The van der Waals surface area contributed by atoms with Crippen molar-refractivity contribution < 1.29 is 24.5 Å². The monoisotopic (exact) mass is 253 g/mol. The highest BCUT2D eigenvalue weighted by atomic mass is 16.7. The SMILES string of the molecule is O=Cc1ccc2n1C[C@@]1(C[C@H](O)[C@@H](CO)O1)OC2. The zero-order chi connectivity index (χ0) is 12.8. The first-order valence-electron chi connectivity index (χ1n) is 5.92. The molecular weight excluding hydrogens is 238 g/mol. The van der Waals surface area contributed by atoms with Gasteiger partial charge in [-0.15, -0.1) is 0 Å². The van der Waals surface area contributed by atoms with Crippen molar-refractivity contribution in [1.29, 1.82) is 0 Å². The summed E-state index contributed by atoms with van der Waals surface area (Å²) in [5.41, 5.74) is 1.48. The summed E-state index contributed by atoms with van der Waals surface area (Å²) < 4.78 is 13.1. The van der Waals surface area contributed by atoms with Gasteiger partial charge in [0.1, 0.15) is 6.10 Å². The van der Waals surface area contributed by atoms with Gasteiger partial charge in [-0.3, -0.25) is 4.79 Å². The highest BCUT2D eigenvalue weighted by Gasteiger charge is 2.49. The Balaban J connectivity index is 1.88. The van der Waals surface area contributed by atoms with Gasteiger partial charge in [-0.1, -0.05) is 0 Å². The molecule has 2 aliphatic rings. The van der Waals surface area contributed by atoms with Crippen LogP contribution in [0.2, 0.25) is 0 Å². The van der Waals surface area contributed by atoms with E-state index >= 15 is 0 Å². The highest BCUT2D eigenvalue weighted by molar-refractivity contribution is 5.72. The molecule has 6 nitrogen and oxygen atoms in total. The number of aliphatic hydroxyl groups is 2. The molecule has 0 aliphatic carbocycles. The van der Waals surface area contributed by atoms with E-state index in [2.05, 4.69) is 0 Å². The lowest BCUT2D eigenvalue weighted by molar-refractivity contribution is -0.255. The van der Waals surface area contributed by atoms with Gasteiger partial charge in [0.15, 0.2) is 12.1 Å². The minimum atomic E-state index is -0.934. The lowest BCUT2D eigenvalue weighted by Crippen LogP contribution is -2.42. The Morgan fingerprint density at radius 1 is 1.56 bits per heavy atom. The Morgan fingerprint density at radius 2 is 2.39 bits per heavy atom. The number of aliphatic hydroxyl groups excluding tert-OH is 2. The molecule has 2 N–H and O–H groups in total. The molecule has 1 aromatic heterocycles. The van der Waals surface area contributed by atoms with Crippen LogP contribution in [0.15, 0.2) is 12.1 Å². The van der Waals surface area contributed by atoms with E-state index in [1.165, 1.54) is 0 Å². The fourth-order valence-corrected chi connectivity index (χ4v) is 2.65. The smallest absolute Gasteiger partial charge is 0.189 e. The lowest BCUT2D eigenvalue weighted by Gasteiger charge is -2.35. The summed E-state index contributed by atoms with van der Waals surface area (Å²) in [6.45, 7) is 0.445. The van der Waals surface area contributed by atoms with Gasteiger partial charge >= 0.3 is 0 Å². The van der Waals surface area contributed by atoms with Gasteiger partial charge in [-0.05, 0) is 12.1 Å². The maximum atomic E-state index is 10.9. The van der Waals surface area contributed by atoms with Crippen LogP contribution in [0.3, 0.4) is 0 Å². The summed E-state index contributed by atoms with van der Waals surface area (Å²) >= 11 is 0. The summed E-state index contributed by atoms with van der Waals surface area (Å²) in [4.78, 5) is 10.9. The first kappa shape index (κ1) is 11.9. The van der Waals surface area contributed by atoms with Crippen molar-refractivity contribution in [2.24, 2.45) is 0 Å². The van der Waals surface area contributed by atoms with Crippen LogP contribution in [0.1, 0.15) is 22.6 Å². The van der Waals surface area contributed by atoms with E-state index in [4.69, 9.17) is 14.6 Å². The minimum Gasteiger partial charge on any atom is -0.394 e. The molecule has 0 saturated carbocycles. The molecule has 18 heavy (non-hydrogen) atoms. The lowest BCUT2D eigenvalue weighted by atomic mass is 10.1. The quantitative estimate of drug-likeness (QED) is 0.705. The zero-order valence-electron chi connectivity index (χ0n) is 9.78. The van der Waals surface area contributed by atoms with Gasteiger partial charge in [-0.25, -0.2) is 0 Å². The number of aldehydes is 1. The molecule has 0 radical (unpaired) electrons. The second-order valence-corrected chi connectivity index (χ2v) is 4.76. The van der Waals surface area contributed by atoms with Gasteiger partial charge in [0.25, 0.3) is 0 Å². The average molecular weight is 253 g/mol. The van der Waals surface area contributed by atoms with E-state index in [9.17, 15) is 9.90 Å². The van der Waals surface area contributed by atoms with Crippen LogP contribution in [0.5, 0.6) is 0 Å². The molecule has 98 valence electrons. The summed E-state index contributed by atoms with van der Waals surface area (Å²) in [5, 5.41) is 18.9. The highest BCUT2D eigenvalue weighted by Crippen LogP contribution is 2.37. The second kappa shape index (κ2) is 4.17. The first-order chi connectivity index (χ1) is 8.67. The van der Waals surface area contributed by atoms with Crippen LogP contribution >= 0.6 is 0 Å². The predicted octanol–water partition coefficient (Wildman–Crippen LogP) is -0.331. The molecule has 1 fully saturated rings. The zero-order valence-corrected chi connectivity index (χ0v) is 9.78. The third-order valence-electron chi connectivity index (χ3n) is 3.60. The van der Waals surface area contributed by atoms with Crippen molar-refractivity contribution in [1.82, 2.24) is 4.57 Å². The first-order valence-corrected chi connectivity index (χ1v) is 5.92. The molecule has 0 unspecified atom stereocenters. The van der Waals surface area contributed by atoms with E-state index in [-0.39, 0.29) is 6.61 Å². The van der Waals surface area contributed by atoms with Crippen LogP contribution < -0.4 is 0 Å². The van der Waals surface area contributed by atoms with Crippen molar-refractivity contribution >= 4 is 6.29 Å². The minimum absolute atomic E-state index is 0.245. The van der Waals surface area contributed by atoms with Gasteiger partial charge in [0.05, 0.1) is 31.6 Å². The van der Waals surface area contributed by atoms with Crippen LogP contribution in [0, 0.1) is 0 Å². The Bertz CT molecular complexity index is 471. The average Bonchev–Trinajstić information content (AvgIpc) is 2.90. The number of carbonyl (C=O) groups is 1.